The molecular formula is C19H24N6O. The molecule has 136 valence electrons. The van der Waals surface area contributed by atoms with Crippen molar-refractivity contribution in [1.29, 1.82) is 5.26 Å². The van der Waals surface area contributed by atoms with E-state index in [0.717, 1.165) is 30.0 Å². The summed E-state index contributed by atoms with van der Waals surface area (Å²) in [4.78, 5) is 21.2. The van der Waals surface area contributed by atoms with E-state index in [1.807, 2.05) is 13.8 Å². The Morgan fingerprint density at radius 3 is 2.88 bits per heavy atom. The van der Waals surface area contributed by atoms with Crippen LogP contribution in [0.5, 0.6) is 0 Å². The van der Waals surface area contributed by atoms with Crippen LogP contribution in [0.25, 0.3) is 10.8 Å². The molecule has 0 saturated heterocycles. The highest BCUT2D eigenvalue weighted by Gasteiger charge is 2.25. The summed E-state index contributed by atoms with van der Waals surface area (Å²) in [7, 11) is 0. The summed E-state index contributed by atoms with van der Waals surface area (Å²) in [6, 6.07) is 5.82. The maximum absolute atomic E-state index is 12.5. The number of hydrogen-bond donors (Lipinski definition) is 3. The van der Waals surface area contributed by atoms with Gasteiger partial charge in [0, 0.05) is 35.0 Å². The molecule has 2 aromatic rings. The third-order valence-corrected chi connectivity index (χ3v) is 4.59. The normalized spacial score (nSPS) is 20.0. The minimum Gasteiger partial charge on any atom is -0.367 e. The van der Waals surface area contributed by atoms with E-state index in [1.54, 1.807) is 18.3 Å². The van der Waals surface area contributed by atoms with Crippen molar-refractivity contribution in [3.63, 3.8) is 0 Å². The number of nitrogens with two attached hydrogens (primary N) is 1. The second kappa shape index (κ2) is 7.67. The topological polar surface area (TPSA) is 117 Å². The summed E-state index contributed by atoms with van der Waals surface area (Å²) in [6.07, 6.45) is 5.20. The third-order valence-electron chi connectivity index (χ3n) is 4.59. The molecule has 0 aromatic carbocycles. The first kappa shape index (κ1) is 18.1. The fraction of sp³-hybridized carbons (Fsp3) is 0.474. The predicted molar refractivity (Wildman–Crippen MR) is 102 cm³/mol. The van der Waals surface area contributed by atoms with Crippen LogP contribution in [-0.4, -0.2) is 28.0 Å². The van der Waals surface area contributed by atoms with Crippen LogP contribution in [0.15, 0.2) is 18.3 Å². The molecule has 26 heavy (non-hydrogen) atoms. The number of nitriles is 1. The van der Waals surface area contributed by atoms with Crippen molar-refractivity contribution in [3.05, 3.63) is 24.0 Å². The highest BCUT2D eigenvalue weighted by molar-refractivity contribution is 5.97. The van der Waals surface area contributed by atoms with Crippen molar-refractivity contribution < 1.29 is 4.79 Å². The van der Waals surface area contributed by atoms with Crippen molar-refractivity contribution in [2.75, 3.05) is 10.6 Å². The lowest BCUT2D eigenvalue weighted by Gasteiger charge is -2.25. The number of nitrogens with zero attached hydrogens (tertiary/aromatic N) is 3. The van der Waals surface area contributed by atoms with E-state index in [0.29, 0.717) is 23.8 Å². The second-order valence-corrected chi connectivity index (χ2v) is 7.17. The highest BCUT2D eigenvalue weighted by atomic mass is 16.1. The lowest BCUT2D eigenvalue weighted by atomic mass is 9.85. The number of rotatable bonds is 4. The summed E-state index contributed by atoms with van der Waals surface area (Å²) in [5.74, 6) is 1.00. The SMILES string of the molecule is CC(C)Nc1nc(C#N)cc2cnc(NC(=O)C3CCC[C@@H](N)C3)cc12. The number of aromatic nitrogens is 2. The van der Waals surface area contributed by atoms with Gasteiger partial charge in [0.1, 0.15) is 23.4 Å². The van der Waals surface area contributed by atoms with Crippen molar-refractivity contribution in [1.82, 2.24) is 9.97 Å². The molecule has 2 aromatic heterocycles. The van der Waals surface area contributed by atoms with E-state index in [9.17, 15) is 4.79 Å². The maximum atomic E-state index is 12.5. The summed E-state index contributed by atoms with van der Waals surface area (Å²) in [6.45, 7) is 4.01. The van der Waals surface area contributed by atoms with Crippen LogP contribution in [0.3, 0.4) is 0 Å². The van der Waals surface area contributed by atoms with Gasteiger partial charge in [-0.1, -0.05) is 6.42 Å². The average Bonchev–Trinajstić information content (AvgIpc) is 2.61. The van der Waals surface area contributed by atoms with Crippen molar-refractivity contribution in [2.45, 2.75) is 51.6 Å². The van der Waals surface area contributed by atoms with Crippen molar-refractivity contribution in [3.8, 4) is 6.07 Å². The Morgan fingerprint density at radius 1 is 1.38 bits per heavy atom. The zero-order chi connectivity index (χ0) is 18.7. The predicted octanol–water partition coefficient (Wildman–Crippen LogP) is 2.78. The van der Waals surface area contributed by atoms with Gasteiger partial charge >= 0.3 is 0 Å². The molecule has 7 nitrogen and oxygen atoms in total. The fourth-order valence-corrected chi connectivity index (χ4v) is 3.35. The Bertz CT molecular complexity index is 857. The van der Waals surface area contributed by atoms with Gasteiger partial charge in [0.05, 0.1) is 0 Å². The number of amides is 1. The quantitative estimate of drug-likeness (QED) is 0.779. The van der Waals surface area contributed by atoms with Crippen LogP contribution in [0.4, 0.5) is 11.6 Å². The second-order valence-electron chi connectivity index (χ2n) is 7.17. The largest absolute Gasteiger partial charge is 0.367 e. The number of fused-ring (bicyclic) bond motifs is 1. The van der Waals surface area contributed by atoms with Crippen molar-refractivity contribution >= 4 is 28.3 Å². The first-order valence-electron chi connectivity index (χ1n) is 9.00. The molecule has 1 saturated carbocycles. The summed E-state index contributed by atoms with van der Waals surface area (Å²) in [5, 5.41) is 17.0. The van der Waals surface area contributed by atoms with Gasteiger partial charge in [-0.15, -0.1) is 0 Å². The van der Waals surface area contributed by atoms with E-state index in [-0.39, 0.29) is 23.9 Å². The highest BCUT2D eigenvalue weighted by Crippen LogP contribution is 2.27. The molecule has 2 atom stereocenters. The van der Waals surface area contributed by atoms with Gasteiger partial charge in [-0.2, -0.15) is 5.26 Å². The summed E-state index contributed by atoms with van der Waals surface area (Å²) in [5.41, 5.74) is 6.31. The molecule has 1 unspecified atom stereocenters. The van der Waals surface area contributed by atoms with Gasteiger partial charge in [-0.25, -0.2) is 9.97 Å². The van der Waals surface area contributed by atoms with Crippen LogP contribution in [-0.2, 0) is 4.79 Å². The molecule has 1 fully saturated rings. The van der Waals surface area contributed by atoms with E-state index < -0.39 is 0 Å². The third kappa shape index (κ3) is 4.09. The summed E-state index contributed by atoms with van der Waals surface area (Å²) < 4.78 is 0. The molecule has 4 N–H and O–H groups in total. The number of pyridine rings is 2. The Hall–Kier alpha value is -2.72. The zero-order valence-electron chi connectivity index (χ0n) is 15.1. The first-order valence-corrected chi connectivity index (χ1v) is 9.00. The molecular weight excluding hydrogens is 328 g/mol. The van der Waals surface area contributed by atoms with Crippen LogP contribution in [0.1, 0.15) is 45.2 Å². The number of nitrogens with one attached hydrogen (secondary N) is 2. The van der Waals surface area contributed by atoms with E-state index in [1.165, 1.54) is 0 Å². The molecule has 0 bridgehead atoms. The van der Waals surface area contributed by atoms with Gasteiger partial charge in [0.15, 0.2) is 0 Å². The summed E-state index contributed by atoms with van der Waals surface area (Å²) >= 11 is 0. The molecule has 0 radical (unpaired) electrons. The van der Waals surface area contributed by atoms with Crippen molar-refractivity contribution in [2.24, 2.45) is 11.7 Å². The van der Waals surface area contributed by atoms with Crippen LogP contribution >= 0.6 is 0 Å². The molecule has 2 heterocycles. The van der Waals surface area contributed by atoms with Gasteiger partial charge in [-0.3, -0.25) is 4.79 Å². The Kier molecular flexibility index (Phi) is 5.33. The van der Waals surface area contributed by atoms with E-state index in [4.69, 9.17) is 11.0 Å². The molecule has 1 aliphatic rings. The molecule has 1 aliphatic carbocycles. The van der Waals surface area contributed by atoms with Gasteiger partial charge in [0.25, 0.3) is 0 Å². The average molecular weight is 352 g/mol. The number of carbonyl (C=O) groups is 1. The monoisotopic (exact) mass is 352 g/mol. The number of hydrogen-bond acceptors (Lipinski definition) is 6. The number of carbonyl (C=O) groups excluding carboxylic acids is 1. The molecule has 1 amide bonds. The fourth-order valence-electron chi connectivity index (χ4n) is 3.35. The Labute approximate surface area is 153 Å². The molecule has 3 rings (SSSR count). The van der Waals surface area contributed by atoms with Gasteiger partial charge in [-0.05, 0) is 45.2 Å². The van der Waals surface area contributed by atoms with Gasteiger partial charge in [0.2, 0.25) is 5.91 Å². The standard InChI is InChI=1S/C19H24N6O/c1-11(2)23-18-16-8-17(22-10-13(16)7-15(9-20)24-18)25-19(26)12-4-3-5-14(21)6-12/h7-8,10-12,14H,3-6,21H2,1-2H3,(H,23,24)(H,22,25,26)/t12?,14-/m1/s1. The first-order chi connectivity index (χ1) is 12.5. The van der Waals surface area contributed by atoms with Crippen LogP contribution in [0.2, 0.25) is 0 Å². The lowest BCUT2D eigenvalue weighted by Crippen LogP contribution is -2.34. The molecule has 0 aliphatic heterocycles. The van der Waals surface area contributed by atoms with Crippen LogP contribution < -0.4 is 16.4 Å². The smallest absolute Gasteiger partial charge is 0.228 e. The minimum atomic E-state index is -0.0661. The lowest BCUT2D eigenvalue weighted by molar-refractivity contribution is -0.120. The molecule has 0 spiro atoms. The van der Waals surface area contributed by atoms with E-state index in [2.05, 4.69) is 26.7 Å². The van der Waals surface area contributed by atoms with Crippen LogP contribution in [0, 0.1) is 17.2 Å². The maximum Gasteiger partial charge on any atom is 0.228 e. The minimum absolute atomic E-state index is 0.0352. The van der Waals surface area contributed by atoms with E-state index >= 15 is 0 Å². The Balaban J connectivity index is 1.88. The van der Waals surface area contributed by atoms with Gasteiger partial charge < -0.3 is 16.4 Å². The Morgan fingerprint density at radius 2 is 2.19 bits per heavy atom. The number of anilines is 2. The molecule has 7 heteroatoms. The zero-order valence-corrected chi connectivity index (χ0v) is 15.1.